The first-order valence-corrected chi connectivity index (χ1v) is 5.33. The van der Waals surface area contributed by atoms with Gasteiger partial charge in [-0.05, 0) is 29.0 Å². The highest BCUT2D eigenvalue weighted by atomic mass is 16.1. The summed E-state index contributed by atoms with van der Waals surface area (Å²) < 4.78 is 0. The van der Waals surface area contributed by atoms with Gasteiger partial charge < -0.3 is 0 Å². The van der Waals surface area contributed by atoms with Crippen LogP contribution in [0.25, 0.3) is 0 Å². The summed E-state index contributed by atoms with van der Waals surface area (Å²) in [6, 6.07) is 5.66. The zero-order chi connectivity index (χ0) is 11.6. The average Bonchev–Trinajstić information content (AvgIpc) is 2.16. The van der Waals surface area contributed by atoms with Crippen LogP contribution in [0.5, 0.6) is 0 Å². The van der Waals surface area contributed by atoms with Crippen molar-refractivity contribution in [3.05, 3.63) is 34.9 Å². The van der Waals surface area contributed by atoms with E-state index in [2.05, 4.69) is 27.7 Å². The summed E-state index contributed by atoms with van der Waals surface area (Å²) in [5, 5.41) is 0. The number of hydrogen-bond donors (Lipinski definition) is 0. The summed E-state index contributed by atoms with van der Waals surface area (Å²) >= 11 is 0. The van der Waals surface area contributed by atoms with Gasteiger partial charge in [-0.15, -0.1) is 0 Å². The van der Waals surface area contributed by atoms with Gasteiger partial charge in [-0.25, -0.2) is 0 Å². The molecule has 0 saturated heterocycles. The molecule has 1 aromatic rings. The van der Waals surface area contributed by atoms with Crippen LogP contribution >= 0.6 is 0 Å². The second-order valence-corrected chi connectivity index (χ2v) is 4.45. The first kappa shape index (κ1) is 11.8. The lowest BCUT2D eigenvalue weighted by molar-refractivity contribution is 0.0990. The zero-order valence-electron chi connectivity index (χ0n) is 9.79. The van der Waals surface area contributed by atoms with Crippen molar-refractivity contribution in [3.8, 4) is 0 Å². The summed E-state index contributed by atoms with van der Waals surface area (Å²) in [6.45, 7) is 8.35. The fourth-order valence-electron chi connectivity index (χ4n) is 1.93. The molecule has 0 fully saturated rings. The highest BCUT2D eigenvalue weighted by Crippen LogP contribution is 2.29. The highest BCUT2D eigenvalue weighted by molar-refractivity contribution is 5.94. The van der Waals surface area contributed by atoms with Crippen LogP contribution in [0.2, 0.25) is 0 Å². The molecule has 0 saturated carbocycles. The molecule has 1 aromatic carbocycles. The highest BCUT2D eigenvalue weighted by Gasteiger charge is 2.17. The van der Waals surface area contributed by atoms with Crippen molar-refractivity contribution >= 4 is 5.91 Å². The predicted molar refractivity (Wildman–Crippen MR) is 62.0 cm³/mol. The number of amides is 1. The van der Waals surface area contributed by atoms with Crippen LogP contribution in [0.1, 0.15) is 61.0 Å². The van der Waals surface area contributed by atoms with E-state index in [1.807, 2.05) is 12.1 Å². The van der Waals surface area contributed by atoms with Crippen molar-refractivity contribution < 1.29 is 4.79 Å². The Morgan fingerprint density at radius 3 is 2.13 bits per heavy atom. The van der Waals surface area contributed by atoms with Crippen LogP contribution < -0.4 is 5.73 Å². The molecule has 2 nitrogen and oxygen atoms in total. The number of benzene rings is 1. The minimum Gasteiger partial charge on any atom is -0.267 e. The van der Waals surface area contributed by atoms with E-state index in [1.54, 1.807) is 6.07 Å². The average molecular weight is 204 g/mol. The smallest absolute Gasteiger partial charge is 0.267 e. The van der Waals surface area contributed by atoms with Gasteiger partial charge in [-0.1, -0.05) is 39.8 Å². The van der Waals surface area contributed by atoms with Gasteiger partial charge in [-0.2, -0.15) is 0 Å². The quantitative estimate of drug-likeness (QED) is 0.744. The Morgan fingerprint density at radius 2 is 1.73 bits per heavy atom. The van der Waals surface area contributed by atoms with Gasteiger partial charge in [0.05, 0.1) is 0 Å². The largest absolute Gasteiger partial charge is 0.269 e. The molecule has 0 bridgehead atoms. The minimum absolute atomic E-state index is 0.285. The third-order valence-electron chi connectivity index (χ3n) is 2.58. The lowest BCUT2D eigenvalue weighted by Crippen LogP contribution is -2.09. The van der Waals surface area contributed by atoms with Crippen LogP contribution in [0.15, 0.2) is 18.2 Å². The van der Waals surface area contributed by atoms with Crippen LogP contribution in [0, 0.1) is 0 Å². The lowest BCUT2D eigenvalue weighted by atomic mass is 9.87. The monoisotopic (exact) mass is 204 g/mol. The van der Waals surface area contributed by atoms with Crippen molar-refractivity contribution in [2.24, 2.45) is 0 Å². The second-order valence-electron chi connectivity index (χ2n) is 4.45. The molecule has 1 N–H and O–H groups in total. The standard InChI is InChI=1S/C13H18NO/c1-8(2)10-6-5-7-11(13(14)15)12(10)9(3)4/h5-9,14H,1-4H3. The fourth-order valence-corrected chi connectivity index (χ4v) is 1.93. The van der Waals surface area contributed by atoms with E-state index in [9.17, 15) is 4.79 Å². The molecular weight excluding hydrogens is 186 g/mol. The maximum absolute atomic E-state index is 11.2. The molecule has 2 heteroatoms. The van der Waals surface area contributed by atoms with Gasteiger partial charge in [0, 0.05) is 5.56 Å². The van der Waals surface area contributed by atoms with Gasteiger partial charge >= 0.3 is 0 Å². The SMILES string of the molecule is CC(C)c1cccc(C([NH])=O)c1C(C)C. The van der Waals surface area contributed by atoms with Crippen molar-refractivity contribution in [2.75, 3.05) is 0 Å². The van der Waals surface area contributed by atoms with Gasteiger partial charge in [0.2, 0.25) is 0 Å². The van der Waals surface area contributed by atoms with E-state index in [0.29, 0.717) is 11.5 Å². The second kappa shape index (κ2) is 4.47. The lowest BCUT2D eigenvalue weighted by Gasteiger charge is -2.18. The van der Waals surface area contributed by atoms with E-state index >= 15 is 0 Å². The molecule has 81 valence electrons. The third-order valence-corrected chi connectivity index (χ3v) is 2.58. The van der Waals surface area contributed by atoms with Crippen LogP contribution in [0.3, 0.4) is 0 Å². The summed E-state index contributed by atoms with van der Waals surface area (Å²) in [4.78, 5) is 11.2. The predicted octanol–water partition coefficient (Wildman–Crippen LogP) is 3.36. The minimum atomic E-state index is -0.582. The Kier molecular flexibility index (Phi) is 3.51. The van der Waals surface area contributed by atoms with Crippen molar-refractivity contribution in [1.29, 1.82) is 0 Å². The van der Waals surface area contributed by atoms with Crippen LogP contribution in [-0.2, 0) is 0 Å². The molecular formula is C13H18NO. The summed E-state index contributed by atoms with van der Waals surface area (Å²) in [5.74, 6) is 0.0933. The molecule has 1 radical (unpaired) electrons. The van der Waals surface area contributed by atoms with Crippen LogP contribution in [0.4, 0.5) is 0 Å². The Morgan fingerprint density at radius 1 is 1.13 bits per heavy atom. The topological polar surface area (TPSA) is 40.9 Å². The van der Waals surface area contributed by atoms with E-state index in [4.69, 9.17) is 5.73 Å². The van der Waals surface area contributed by atoms with Crippen LogP contribution in [-0.4, -0.2) is 5.91 Å². The molecule has 1 rings (SSSR count). The molecule has 1 amide bonds. The van der Waals surface area contributed by atoms with E-state index in [0.717, 1.165) is 5.56 Å². The number of rotatable bonds is 3. The van der Waals surface area contributed by atoms with Gasteiger partial charge in [0.1, 0.15) is 0 Å². The fraction of sp³-hybridized carbons (Fsp3) is 0.462. The Balaban J connectivity index is 3.42. The Labute approximate surface area is 91.5 Å². The van der Waals surface area contributed by atoms with E-state index in [-0.39, 0.29) is 5.92 Å². The number of carbonyl (C=O) groups excluding carboxylic acids is 1. The molecule has 0 atom stereocenters. The molecule has 0 spiro atoms. The molecule has 0 aliphatic heterocycles. The molecule has 0 aliphatic rings. The molecule has 15 heavy (non-hydrogen) atoms. The van der Waals surface area contributed by atoms with Gasteiger partial charge in [0.15, 0.2) is 0 Å². The first-order valence-electron chi connectivity index (χ1n) is 5.33. The summed E-state index contributed by atoms with van der Waals surface area (Å²) in [5.41, 5.74) is 10.0. The zero-order valence-corrected chi connectivity index (χ0v) is 9.79. The number of nitrogens with one attached hydrogen (secondary N) is 1. The van der Waals surface area contributed by atoms with Crippen molar-refractivity contribution in [2.45, 2.75) is 39.5 Å². The summed E-state index contributed by atoms with van der Waals surface area (Å²) in [7, 11) is 0. The maximum Gasteiger partial charge on any atom is 0.269 e. The molecule has 0 aromatic heterocycles. The van der Waals surface area contributed by atoms with Crippen molar-refractivity contribution in [1.82, 2.24) is 5.73 Å². The van der Waals surface area contributed by atoms with Crippen molar-refractivity contribution in [3.63, 3.8) is 0 Å². The molecule has 0 unspecified atom stereocenters. The van der Waals surface area contributed by atoms with E-state index in [1.165, 1.54) is 5.56 Å². The normalized spacial score (nSPS) is 11.1. The molecule has 0 aliphatic carbocycles. The van der Waals surface area contributed by atoms with Gasteiger partial charge in [-0.3, -0.25) is 10.5 Å². The maximum atomic E-state index is 11.2. The van der Waals surface area contributed by atoms with E-state index < -0.39 is 5.91 Å². The third kappa shape index (κ3) is 2.38. The Bertz CT molecular complexity index is 367. The summed E-state index contributed by atoms with van der Waals surface area (Å²) in [6.07, 6.45) is 0. The number of hydrogen-bond acceptors (Lipinski definition) is 1. The first-order chi connectivity index (χ1) is 6.95. The molecule has 0 heterocycles. The Hall–Kier alpha value is -1.31. The number of carbonyl (C=O) groups is 1. The van der Waals surface area contributed by atoms with Gasteiger partial charge in [0.25, 0.3) is 5.91 Å².